The van der Waals surface area contributed by atoms with Gasteiger partial charge in [0.25, 0.3) is 0 Å². The van der Waals surface area contributed by atoms with Gasteiger partial charge in [0.15, 0.2) is 0 Å². The molecule has 0 saturated carbocycles. The Morgan fingerprint density at radius 1 is 1.22 bits per heavy atom. The van der Waals surface area contributed by atoms with Gasteiger partial charge in [0.2, 0.25) is 5.95 Å². The fraction of sp³-hybridized carbons (Fsp3) is 0.214. The third-order valence-corrected chi connectivity index (χ3v) is 3.17. The zero-order chi connectivity index (χ0) is 12.5. The monoisotopic (exact) mass is 240 g/mol. The van der Waals surface area contributed by atoms with Gasteiger partial charge >= 0.3 is 0 Å². The van der Waals surface area contributed by atoms with Crippen LogP contribution in [0.15, 0.2) is 42.6 Å². The summed E-state index contributed by atoms with van der Waals surface area (Å²) in [5.41, 5.74) is 3.38. The van der Waals surface area contributed by atoms with Crippen molar-refractivity contribution < 1.29 is 0 Å². The second-order valence-corrected chi connectivity index (χ2v) is 4.51. The van der Waals surface area contributed by atoms with Crippen molar-refractivity contribution in [2.24, 2.45) is 7.05 Å². The summed E-state index contributed by atoms with van der Waals surface area (Å²) in [7, 11) is 4.11. The van der Waals surface area contributed by atoms with Gasteiger partial charge in [-0.25, -0.2) is 4.98 Å². The summed E-state index contributed by atoms with van der Waals surface area (Å²) >= 11 is 0. The molecule has 0 fully saturated rings. The van der Waals surface area contributed by atoms with E-state index < -0.39 is 0 Å². The van der Waals surface area contributed by atoms with Crippen LogP contribution in [0.3, 0.4) is 0 Å². The van der Waals surface area contributed by atoms with E-state index in [-0.39, 0.29) is 0 Å². The van der Waals surface area contributed by atoms with Crippen molar-refractivity contribution in [1.29, 1.82) is 0 Å². The molecule has 0 aliphatic heterocycles. The van der Waals surface area contributed by atoms with Gasteiger partial charge in [0.1, 0.15) is 0 Å². The molecule has 0 aliphatic rings. The average Bonchev–Trinajstić information content (AvgIpc) is 2.98. The molecular formula is C14H16N4. The lowest BCUT2D eigenvalue weighted by Crippen LogP contribution is -2.20. The number of H-pyrrole nitrogens is 1. The second-order valence-electron chi connectivity index (χ2n) is 4.51. The number of hydrogen-bond acceptors (Lipinski definition) is 2. The first kappa shape index (κ1) is 10.9. The van der Waals surface area contributed by atoms with Gasteiger partial charge in [-0.05, 0) is 24.3 Å². The van der Waals surface area contributed by atoms with Gasteiger partial charge < -0.3 is 14.5 Å². The first-order chi connectivity index (χ1) is 8.75. The molecule has 0 unspecified atom stereocenters. The number of aryl methyl sites for hydroxylation is 1. The highest BCUT2D eigenvalue weighted by Gasteiger charge is 2.11. The Kier molecular flexibility index (Phi) is 2.55. The lowest BCUT2D eigenvalue weighted by Gasteiger charge is -2.17. The molecule has 92 valence electrons. The Bertz CT molecular complexity index is 652. The van der Waals surface area contributed by atoms with Crippen LogP contribution in [-0.2, 0) is 13.6 Å². The second kappa shape index (κ2) is 4.22. The Hall–Kier alpha value is -2.23. The molecule has 3 rings (SSSR count). The van der Waals surface area contributed by atoms with E-state index in [0.717, 1.165) is 23.5 Å². The van der Waals surface area contributed by atoms with Gasteiger partial charge in [0.05, 0.1) is 17.6 Å². The van der Waals surface area contributed by atoms with Crippen molar-refractivity contribution in [2.75, 3.05) is 11.9 Å². The molecule has 0 aliphatic carbocycles. The third kappa shape index (κ3) is 1.76. The summed E-state index contributed by atoms with van der Waals surface area (Å²) in [5.74, 6) is 0.978. The lowest BCUT2D eigenvalue weighted by atomic mass is 10.3. The van der Waals surface area contributed by atoms with E-state index in [0.29, 0.717) is 0 Å². The van der Waals surface area contributed by atoms with Crippen LogP contribution in [-0.4, -0.2) is 21.6 Å². The summed E-state index contributed by atoms with van der Waals surface area (Å²) in [6, 6.07) is 12.3. The lowest BCUT2D eigenvalue weighted by molar-refractivity contribution is 0.806. The number of aromatic amines is 1. The Morgan fingerprint density at radius 2 is 2.06 bits per heavy atom. The van der Waals surface area contributed by atoms with Gasteiger partial charge in [0, 0.05) is 26.0 Å². The SMILES string of the molecule is CN(Cc1ccc[nH]1)c1nc2ccccc2n1C. The Morgan fingerprint density at radius 3 is 2.78 bits per heavy atom. The van der Waals surface area contributed by atoms with Crippen LogP contribution in [0.25, 0.3) is 11.0 Å². The first-order valence-corrected chi connectivity index (χ1v) is 6.00. The van der Waals surface area contributed by atoms with Crippen LogP contribution >= 0.6 is 0 Å². The van der Waals surface area contributed by atoms with Crippen molar-refractivity contribution in [2.45, 2.75) is 6.54 Å². The molecule has 18 heavy (non-hydrogen) atoms. The molecule has 0 bridgehead atoms. The maximum Gasteiger partial charge on any atom is 0.206 e. The van der Waals surface area contributed by atoms with E-state index in [1.165, 1.54) is 5.69 Å². The molecule has 0 atom stereocenters. The van der Waals surface area contributed by atoms with E-state index in [4.69, 9.17) is 0 Å². The van der Waals surface area contributed by atoms with Crippen LogP contribution in [0.4, 0.5) is 5.95 Å². The van der Waals surface area contributed by atoms with Crippen molar-refractivity contribution in [3.63, 3.8) is 0 Å². The number of imidazole rings is 1. The Balaban J connectivity index is 1.96. The molecule has 2 aromatic heterocycles. The summed E-state index contributed by atoms with van der Waals surface area (Å²) < 4.78 is 2.12. The van der Waals surface area contributed by atoms with Gasteiger partial charge in [-0.3, -0.25) is 0 Å². The number of hydrogen-bond donors (Lipinski definition) is 1. The number of anilines is 1. The van der Waals surface area contributed by atoms with Crippen molar-refractivity contribution in [3.05, 3.63) is 48.3 Å². The van der Waals surface area contributed by atoms with Gasteiger partial charge in [-0.2, -0.15) is 0 Å². The van der Waals surface area contributed by atoms with E-state index in [1.807, 2.05) is 30.5 Å². The standard InChI is InChI=1S/C14H16N4/c1-17(10-11-6-5-9-15-11)14-16-12-7-3-4-8-13(12)18(14)2/h3-9,15H,10H2,1-2H3. The minimum absolute atomic E-state index is 0.824. The molecule has 2 heterocycles. The average molecular weight is 240 g/mol. The summed E-state index contributed by atoms with van der Waals surface area (Å²) in [6.45, 7) is 0.824. The summed E-state index contributed by atoms with van der Waals surface area (Å²) in [6.07, 6.45) is 1.94. The van der Waals surface area contributed by atoms with Crippen molar-refractivity contribution >= 4 is 17.0 Å². The number of aromatic nitrogens is 3. The largest absolute Gasteiger partial charge is 0.364 e. The highest BCUT2D eigenvalue weighted by molar-refractivity contribution is 5.78. The van der Waals surface area contributed by atoms with Crippen LogP contribution < -0.4 is 4.90 Å². The zero-order valence-electron chi connectivity index (χ0n) is 10.6. The normalized spacial score (nSPS) is 11.0. The Labute approximate surface area is 106 Å². The molecular weight excluding hydrogens is 224 g/mol. The molecule has 3 aromatic rings. The number of fused-ring (bicyclic) bond motifs is 1. The predicted octanol–water partition coefficient (Wildman–Crippen LogP) is 2.54. The number of nitrogens with zero attached hydrogens (tertiary/aromatic N) is 3. The number of rotatable bonds is 3. The molecule has 1 N–H and O–H groups in total. The van der Waals surface area contributed by atoms with E-state index >= 15 is 0 Å². The minimum atomic E-state index is 0.824. The minimum Gasteiger partial charge on any atom is -0.364 e. The molecule has 1 aromatic carbocycles. The highest BCUT2D eigenvalue weighted by Crippen LogP contribution is 2.20. The summed E-state index contributed by atoms with van der Waals surface area (Å²) in [5, 5.41) is 0. The maximum absolute atomic E-state index is 4.67. The molecule has 0 amide bonds. The van der Waals surface area contributed by atoms with Crippen molar-refractivity contribution in [1.82, 2.24) is 14.5 Å². The summed E-state index contributed by atoms with van der Waals surface area (Å²) in [4.78, 5) is 10.0. The zero-order valence-corrected chi connectivity index (χ0v) is 10.6. The topological polar surface area (TPSA) is 36.9 Å². The number of nitrogens with one attached hydrogen (secondary N) is 1. The molecule has 0 spiro atoms. The molecule has 4 nitrogen and oxygen atoms in total. The van der Waals surface area contributed by atoms with Gasteiger partial charge in [-0.1, -0.05) is 12.1 Å². The van der Waals surface area contributed by atoms with Gasteiger partial charge in [-0.15, -0.1) is 0 Å². The fourth-order valence-corrected chi connectivity index (χ4v) is 2.27. The van der Waals surface area contributed by atoms with Crippen LogP contribution in [0.5, 0.6) is 0 Å². The van der Waals surface area contributed by atoms with Crippen LogP contribution in [0.1, 0.15) is 5.69 Å². The number of benzene rings is 1. The number of para-hydroxylation sites is 2. The molecule has 0 saturated heterocycles. The molecule has 4 heteroatoms. The van der Waals surface area contributed by atoms with Crippen molar-refractivity contribution in [3.8, 4) is 0 Å². The molecule has 0 radical (unpaired) electrons. The third-order valence-electron chi connectivity index (χ3n) is 3.17. The smallest absolute Gasteiger partial charge is 0.206 e. The van der Waals surface area contributed by atoms with E-state index in [9.17, 15) is 0 Å². The first-order valence-electron chi connectivity index (χ1n) is 6.00. The van der Waals surface area contributed by atoms with E-state index in [2.05, 4.69) is 45.7 Å². The fourth-order valence-electron chi connectivity index (χ4n) is 2.27. The predicted molar refractivity (Wildman–Crippen MR) is 73.6 cm³/mol. The highest BCUT2D eigenvalue weighted by atomic mass is 15.3. The van der Waals surface area contributed by atoms with Crippen LogP contribution in [0, 0.1) is 0 Å². The maximum atomic E-state index is 4.67. The van der Waals surface area contributed by atoms with E-state index in [1.54, 1.807) is 0 Å². The quantitative estimate of drug-likeness (QED) is 0.763. The van der Waals surface area contributed by atoms with Crippen LogP contribution in [0.2, 0.25) is 0 Å².